The number of rotatable bonds is 7. The van der Waals surface area contributed by atoms with Crippen LogP contribution in [0, 0.1) is 18.3 Å². The third-order valence-corrected chi connectivity index (χ3v) is 6.27. The van der Waals surface area contributed by atoms with Gasteiger partial charge >= 0.3 is 0 Å². The van der Waals surface area contributed by atoms with E-state index >= 15 is 0 Å². The third-order valence-electron chi connectivity index (χ3n) is 4.99. The summed E-state index contributed by atoms with van der Waals surface area (Å²) in [5.74, 6) is 0.321. The SMILES string of the molecule is C=C(C)[C@@H]1CC[C@@]1(CC=C(C)C)COS(=O)(=O)c1ccc(C)cc1. The fourth-order valence-electron chi connectivity index (χ4n) is 3.32. The minimum atomic E-state index is -3.72. The highest BCUT2D eigenvalue weighted by atomic mass is 32.2. The van der Waals surface area contributed by atoms with Crippen LogP contribution in [0.2, 0.25) is 0 Å². The number of allylic oxidation sites excluding steroid dienone is 3. The van der Waals surface area contributed by atoms with E-state index in [2.05, 4.69) is 26.5 Å². The second-order valence-electron chi connectivity index (χ2n) is 7.31. The Balaban J connectivity index is 2.17. The Hall–Kier alpha value is -1.39. The van der Waals surface area contributed by atoms with Gasteiger partial charge in [0.25, 0.3) is 10.1 Å². The van der Waals surface area contributed by atoms with Gasteiger partial charge in [0.1, 0.15) is 0 Å². The highest BCUT2D eigenvalue weighted by Gasteiger charge is 2.47. The molecule has 2 atom stereocenters. The van der Waals surface area contributed by atoms with Crippen LogP contribution < -0.4 is 0 Å². The van der Waals surface area contributed by atoms with Crippen molar-refractivity contribution in [2.24, 2.45) is 11.3 Å². The maximum atomic E-state index is 12.5. The van der Waals surface area contributed by atoms with Crippen molar-refractivity contribution in [2.45, 2.75) is 51.9 Å². The van der Waals surface area contributed by atoms with E-state index in [0.29, 0.717) is 5.92 Å². The molecule has 1 saturated carbocycles. The summed E-state index contributed by atoms with van der Waals surface area (Å²) in [5, 5.41) is 0. The monoisotopic (exact) mass is 348 g/mol. The fourth-order valence-corrected chi connectivity index (χ4v) is 4.31. The molecule has 0 unspecified atom stereocenters. The van der Waals surface area contributed by atoms with E-state index in [1.807, 2.05) is 13.8 Å². The Morgan fingerprint density at radius 3 is 2.38 bits per heavy atom. The van der Waals surface area contributed by atoms with Crippen LogP contribution in [0.5, 0.6) is 0 Å². The number of aryl methyl sites for hydroxylation is 1. The topological polar surface area (TPSA) is 43.4 Å². The van der Waals surface area contributed by atoms with Gasteiger partial charge in [0.2, 0.25) is 0 Å². The van der Waals surface area contributed by atoms with Gasteiger partial charge in [-0.3, -0.25) is 4.18 Å². The smallest absolute Gasteiger partial charge is 0.266 e. The molecule has 0 saturated heterocycles. The molecule has 2 rings (SSSR count). The van der Waals surface area contributed by atoms with Crippen LogP contribution in [0.25, 0.3) is 0 Å². The fraction of sp³-hybridized carbons (Fsp3) is 0.500. The van der Waals surface area contributed by atoms with Crippen molar-refractivity contribution in [3.63, 3.8) is 0 Å². The molecule has 132 valence electrons. The Labute approximate surface area is 146 Å². The summed E-state index contributed by atoms with van der Waals surface area (Å²) in [7, 11) is -3.72. The lowest BCUT2D eigenvalue weighted by Crippen LogP contribution is -2.44. The number of hydrogen-bond donors (Lipinski definition) is 0. The van der Waals surface area contributed by atoms with Crippen molar-refractivity contribution in [1.29, 1.82) is 0 Å². The first-order valence-corrected chi connectivity index (χ1v) is 9.82. The predicted octanol–water partition coefficient (Wildman–Crippen LogP) is 5.03. The first-order valence-electron chi connectivity index (χ1n) is 8.41. The molecule has 1 aliphatic carbocycles. The van der Waals surface area contributed by atoms with Crippen molar-refractivity contribution in [3.05, 3.63) is 53.6 Å². The van der Waals surface area contributed by atoms with Crippen LogP contribution in [0.1, 0.15) is 45.6 Å². The molecule has 1 aromatic carbocycles. The average molecular weight is 349 g/mol. The van der Waals surface area contributed by atoms with Gasteiger partial charge in [-0.2, -0.15) is 8.42 Å². The molecule has 0 heterocycles. The van der Waals surface area contributed by atoms with Crippen molar-refractivity contribution in [1.82, 2.24) is 0 Å². The lowest BCUT2D eigenvalue weighted by molar-refractivity contribution is 0.00857. The zero-order chi connectivity index (χ0) is 18.0. The van der Waals surface area contributed by atoms with Crippen molar-refractivity contribution >= 4 is 10.1 Å². The molecule has 1 aliphatic rings. The average Bonchev–Trinajstić information content (AvgIpc) is 2.45. The van der Waals surface area contributed by atoms with Crippen molar-refractivity contribution in [2.75, 3.05) is 6.61 Å². The minimum absolute atomic E-state index is 0.152. The molecule has 0 aromatic heterocycles. The van der Waals surface area contributed by atoms with Crippen LogP contribution in [0.15, 0.2) is 53.0 Å². The normalized spacial score (nSPS) is 23.4. The van der Waals surface area contributed by atoms with Crippen molar-refractivity contribution < 1.29 is 12.6 Å². The maximum absolute atomic E-state index is 12.5. The zero-order valence-electron chi connectivity index (χ0n) is 15.1. The Morgan fingerprint density at radius 1 is 1.29 bits per heavy atom. The summed E-state index contributed by atoms with van der Waals surface area (Å²) in [6.45, 7) is 12.4. The second kappa shape index (κ2) is 7.24. The first-order chi connectivity index (χ1) is 11.2. The quantitative estimate of drug-likeness (QED) is 0.513. The summed E-state index contributed by atoms with van der Waals surface area (Å²) in [6, 6.07) is 6.78. The largest absolute Gasteiger partial charge is 0.296 e. The molecule has 0 radical (unpaired) electrons. The summed E-state index contributed by atoms with van der Waals surface area (Å²) in [4.78, 5) is 0.219. The first kappa shape index (κ1) is 18.9. The standard InChI is InChI=1S/C20H28O3S/c1-15(2)10-12-20(13-11-19(20)16(3)4)14-23-24(21,22)18-8-6-17(5)7-9-18/h6-10,19H,3,11-14H2,1-2,4-5H3/t19-,20-/m0/s1. The number of hydrogen-bond acceptors (Lipinski definition) is 3. The van der Waals surface area contributed by atoms with Gasteiger partial charge in [0.15, 0.2) is 0 Å². The van der Waals surface area contributed by atoms with E-state index in [9.17, 15) is 8.42 Å². The minimum Gasteiger partial charge on any atom is -0.266 e. The molecule has 0 amide bonds. The highest BCUT2D eigenvalue weighted by Crippen LogP contribution is 2.53. The molecule has 3 nitrogen and oxygen atoms in total. The third kappa shape index (κ3) is 4.17. The second-order valence-corrected chi connectivity index (χ2v) is 8.93. The zero-order valence-corrected chi connectivity index (χ0v) is 15.9. The Morgan fingerprint density at radius 2 is 1.92 bits per heavy atom. The molecule has 4 heteroatoms. The van der Waals surface area contributed by atoms with Crippen LogP contribution in [0.3, 0.4) is 0 Å². The molecule has 24 heavy (non-hydrogen) atoms. The molecule has 0 N–H and O–H groups in total. The number of benzene rings is 1. The molecule has 1 aromatic rings. The van der Waals surface area contributed by atoms with Gasteiger partial charge in [0, 0.05) is 5.41 Å². The summed E-state index contributed by atoms with van der Waals surface area (Å²) in [6.07, 6.45) is 5.03. The van der Waals surface area contributed by atoms with Gasteiger partial charge in [-0.05, 0) is 65.0 Å². The molecular formula is C20H28O3S. The van der Waals surface area contributed by atoms with E-state index < -0.39 is 10.1 Å². The summed E-state index contributed by atoms with van der Waals surface area (Å²) < 4.78 is 30.4. The van der Waals surface area contributed by atoms with Gasteiger partial charge in [-0.25, -0.2) is 0 Å². The van der Waals surface area contributed by atoms with E-state index in [1.54, 1.807) is 24.3 Å². The molecule has 1 fully saturated rings. The van der Waals surface area contributed by atoms with Gasteiger partial charge in [-0.1, -0.05) is 41.5 Å². The van der Waals surface area contributed by atoms with Crippen LogP contribution in [-0.4, -0.2) is 15.0 Å². The molecule has 0 aliphatic heterocycles. The summed E-state index contributed by atoms with van der Waals surface area (Å²) in [5.41, 5.74) is 3.22. The molecule has 0 bridgehead atoms. The predicted molar refractivity (Wildman–Crippen MR) is 98.3 cm³/mol. The summed E-state index contributed by atoms with van der Waals surface area (Å²) >= 11 is 0. The van der Waals surface area contributed by atoms with Crippen molar-refractivity contribution in [3.8, 4) is 0 Å². The van der Waals surface area contributed by atoms with E-state index in [0.717, 1.165) is 30.4 Å². The Bertz CT molecular complexity index is 725. The van der Waals surface area contributed by atoms with E-state index in [-0.39, 0.29) is 16.9 Å². The Kier molecular flexibility index (Phi) is 5.71. The highest BCUT2D eigenvalue weighted by molar-refractivity contribution is 7.86. The van der Waals surface area contributed by atoms with E-state index in [1.165, 1.54) is 5.57 Å². The van der Waals surface area contributed by atoms with Gasteiger partial charge in [-0.15, -0.1) is 0 Å². The van der Waals surface area contributed by atoms with Crippen LogP contribution in [0.4, 0.5) is 0 Å². The molecule has 0 spiro atoms. The van der Waals surface area contributed by atoms with Crippen LogP contribution in [-0.2, 0) is 14.3 Å². The van der Waals surface area contributed by atoms with E-state index in [4.69, 9.17) is 4.18 Å². The lowest BCUT2D eigenvalue weighted by atomic mass is 9.56. The van der Waals surface area contributed by atoms with Crippen LogP contribution >= 0.6 is 0 Å². The van der Waals surface area contributed by atoms with Gasteiger partial charge in [0.05, 0.1) is 11.5 Å². The maximum Gasteiger partial charge on any atom is 0.296 e. The molecular weight excluding hydrogens is 320 g/mol. The lowest BCUT2D eigenvalue weighted by Gasteiger charge is -2.49. The van der Waals surface area contributed by atoms with Gasteiger partial charge < -0.3 is 0 Å².